The second-order valence-corrected chi connectivity index (χ2v) is 9.88. The summed E-state index contributed by atoms with van der Waals surface area (Å²) in [5, 5.41) is 3.86. The zero-order chi connectivity index (χ0) is 27.9. The first-order valence-corrected chi connectivity index (χ1v) is 12.5. The maximum absolute atomic E-state index is 14.1. The summed E-state index contributed by atoms with van der Waals surface area (Å²) in [6.07, 6.45) is -3.61. The van der Waals surface area contributed by atoms with Gasteiger partial charge in [0, 0.05) is 43.9 Å². The number of nitrogens with zero attached hydrogens (tertiary/aromatic N) is 5. The molecule has 11 heteroatoms. The van der Waals surface area contributed by atoms with Crippen LogP contribution in [0.3, 0.4) is 0 Å². The minimum Gasteiger partial charge on any atom is -0.336 e. The molecule has 5 rings (SSSR count). The number of hydrogen-bond acceptors (Lipinski definition) is 4. The first-order valence-electron chi connectivity index (χ1n) is 12.5. The molecule has 39 heavy (non-hydrogen) atoms. The Morgan fingerprint density at radius 3 is 2.33 bits per heavy atom. The highest BCUT2D eigenvalue weighted by molar-refractivity contribution is 6.00. The van der Waals surface area contributed by atoms with Crippen LogP contribution in [0.25, 0.3) is 16.9 Å². The van der Waals surface area contributed by atoms with Crippen LogP contribution in [0, 0.1) is 11.6 Å². The topological polar surface area (TPSA) is 53.7 Å². The molecule has 0 unspecified atom stereocenters. The maximum atomic E-state index is 14.1. The number of rotatable bonds is 5. The van der Waals surface area contributed by atoms with Crippen LogP contribution in [0.5, 0.6) is 0 Å². The lowest BCUT2D eigenvalue weighted by molar-refractivity contribution is -0.142. The summed E-state index contributed by atoms with van der Waals surface area (Å²) in [5.41, 5.74) is 0.585. The Hall–Kier alpha value is -3.86. The predicted octanol–water partition coefficient (Wildman–Crippen LogP) is 5.77. The van der Waals surface area contributed by atoms with Crippen molar-refractivity contribution in [2.24, 2.45) is 0 Å². The molecule has 0 aliphatic carbocycles. The van der Waals surface area contributed by atoms with Crippen LogP contribution in [0.2, 0.25) is 0 Å². The van der Waals surface area contributed by atoms with Crippen LogP contribution in [-0.2, 0) is 12.7 Å². The number of halogens is 5. The molecule has 6 nitrogen and oxygen atoms in total. The Morgan fingerprint density at radius 2 is 1.69 bits per heavy atom. The number of carbonyl (C=O) groups is 1. The molecule has 0 spiro atoms. The van der Waals surface area contributed by atoms with Gasteiger partial charge in [0.05, 0.1) is 11.9 Å². The Bertz CT molecular complexity index is 1510. The monoisotopic (exact) mass is 543 g/mol. The minimum atomic E-state index is -4.72. The number of aromatic nitrogens is 3. The molecule has 204 valence electrons. The van der Waals surface area contributed by atoms with E-state index in [4.69, 9.17) is 0 Å². The minimum absolute atomic E-state index is 0.0363. The van der Waals surface area contributed by atoms with Gasteiger partial charge in [0.25, 0.3) is 5.91 Å². The van der Waals surface area contributed by atoms with E-state index in [1.807, 2.05) is 30.9 Å². The van der Waals surface area contributed by atoms with E-state index in [0.717, 1.165) is 23.9 Å². The first-order chi connectivity index (χ1) is 18.5. The number of alkyl halides is 3. The SMILES string of the molecule is CC(C)c1ccc(-c2cc(C(F)(F)F)n3ncc(C(=O)N4CCN(Cc5cccc(F)c5F)CC4)c3n2)cc1. The van der Waals surface area contributed by atoms with Crippen LogP contribution in [-0.4, -0.2) is 56.5 Å². The molecule has 1 amide bonds. The van der Waals surface area contributed by atoms with Crippen molar-refractivity contribution < 1.29 is 26.7 Å². The van der Waals surface area contributed by atoms with E-state index in [9.17, 15) is 26.7 Å². The highest BCUT2D eigenvalue weighted by atomic mass is 19.4. The van der Waals surface area contributed by atoms with E-state index in [-0.39, 0.29) is 48.0 Å². The normalized spacial score (nSPS) is 14.9. The van der Waals surface area contributed by atoms with Gasteiger partial charge in [-0.25, -0.2) is 18.3 Å². The number of benzene rings is 2. The van der Waals surface area contributed by atoms with Gasteiger partial charge in [0.15, 0.2) is 23.0 Å². The molecule has 1 fully saturated rings. The van der Waals surface area contributed by atoms with Crippen molar-refractivity contribution in [1.29, 1.82) is 0 Å². The Balaban J connectivity index is 1.41. The average Bonchev–Trinajstić information content (AvgIpc) is 3.34. The highest BCUT2D eigenvalue weighted by Gasteiger charge is 2.36. The molecule has 1 aliphatic heterocycles. The van der Waals surface area contributed by atoms with Gasteiger partial charge in [-0.05, 0) is 23.6 Å². The first kappa shape index (κ1) is 26.7. The van der Waals surface area contributed by atoms with E-state index < -0.39 is 29.4 Å². The maximum Gasteiger partial charge on any atom is 0.433 e. The highest BCUT2D eigenvalue weighted by Crippen LogP contribution is 2.33. The third kappa shape index (κ3) is 5.36. The summed E-state index contributed by atoms with van der Waals surface area (Å²) in [6, 6.07) is 12.0. The molecule has 0 N–H and O–H groups in total. The average molecular weight is 544 g/mol. The Kier molecular flexibility index (Phi) is 7.11. The van der Waals surface area contributed by atoms with Gasteiger partial charge in [0.1, 0.15) is 5.56 Å². The van der Waals surface area contributed by atoms with Crippen molar-refractivity contribution in [1.82, 2.24) is 24.4 Å². The molecule has 0 atom stereocenters. The summed E-state index contributed by atoms with van der Waals surface area (Å²) >= 11 is 0. The van der Waals surface area contributed by atoms with E-state index in [2.05, 4.69) is 10.1 Å². The van der Waals surface area contributed by atoms with Gasteiger partial charge in [-0.1, -0.05) is 50.2 Å². The fraction of sp³-hybridized carbons (Fsp3) is 0.321. The predicted molar refractivity (Wildman–Crippen MR) is 135 cm³/mol. The van der Waals surface area contributed by atoms with Gasteiger partial charge in [-0.3, -0.25) is 9.69 Å². The van der Waals surface area contributed by atoms with Crippen molar-refractivity contribution >= 4 is 11.6 Å². The van der Waals surface area contributed by atoms with E-state index in [0.29, 0.717) is 23.2 Å². The summed E-state index contributed by atoms with van der Waals surface area (Å²) in [4.78, 5) is 21.2. The molecule has 2 aromatic carbocycles. The third-order valence-corrected chi connectivity index (χ3v) is 6.95. The van der Waals surface area contributed by atoms with Crippen molar-refractivity contribution in [3.05, 3.63) is 88.7 Å². The Morgan fingerprint density at radius 1 is 1.00 bits per heavy atom. The van der Waals surface area contributed by atoms with Gasteiger partial charge < -0.3 is 4.90 Å². The van der Waals surface area contributed by atoms with Crippen molar-refractivity contribution in [3.63, 3.8) is 0 Å². The molecule has 0 bridgehead atoms. The second kappa shape index (κ2) is 10.4. The van der Waals surface area contributed by atoms with E-state index in [1.54, 1.807) is 12.1 Å². The lowest BCUT2D eigenvalue weighted by Crippen LogP contribution is -2.48. The molecular weight excluding hydrogens is 517 g/mol. The third-order valence-electron chi connectivity index (χ3n) is 6.95. The molecule has 1 saturated heterocycles. The Labute approximate surface area is 221 Å². The fourth-order valence-electron chi connectivity index (χ4n) is 4.69. The largest absolute Gasteiger partial charge is 0.433 e. The van der Waals surface area contributed by atoms with Gasteiger partial charge in [-0.2, -0.15) is 18.3 Å². The zero-order valence-electron chi connectivity index (χ0n) is 21.3. The number of carbonyl (C=O) groups excluding carboxylic acids is 1. The van der Waals surface area contributed by atoms with Gasteiger partial charge in [-0.15, -0.1) is 0 Å². The van der Waals surface area contributed by atoms with Crippen LogP contribution >= 0.6 is 0 Å². The molecular formula is C28H26F5N5O. The summed E-state index contributed by atoms with van der Waals surface area (Å²) in [5.74, 6) is -2.05. The van der Waals surface area contributed by atoms with Crippen LogP contribution in [0.15, 0.2) is 54.7 Å². The molecule has 0 saturated carbocycles. The number of hydrogen-bond donors (Lipinski definition) is 0. The quantitative estimate of drug-likeness (QED) is 0.300. The molecule has 0 radical (unpaired) electrons. The lowest BCUT2D eigenvalue weighted by Gasteiger charge is -2.34. The van der Waals surface area contributed by atoms with Crippen molar-refractivity contribution in [3.8, 4) is 11.3 Å². The van der Waals surface area contributed by atoms with E-state index in [1.165, 1.54) is 17.0 Å². The molecule has 3 heterocycles. The van der Waals surface area contributed by atoms with E-state index >= 15 is 0 Å². The van der Waals surface area contributed by atoms with Crippen LogP contribution in [0.1, 0.15) is 46.9 Å². The zero-order valence-corrected chi connectivity index (χ0v) is 21.3. The molecule has 1 aliphatic rings. The van der Waals surface area contributed by atoms with Crippen LogP contribution in [0.4, 0.5) is 22.0 Å². The van der Waals surface area contributed by atoms with Crippen molar-refractivity contribution in [2.45, 2.75) is 32.5 Å². The second-order valence-electron chi connectivity index (χ2n) is 9.88. The summed E-state index contributed by atoms with van der Waals surface area (Å²) in [6.45, 7) is 5.50. The standard InChI is InChI=1S/C28H26F5N5O/c1-17(2)18-6-8-19(9-7-18)23-14-24(28(31,32)33)38-26(35-23)21(15-34-38)27(39)37-12-10-36(11-13-37)16-20-4-3-5-22(29)25(20)30/h3-9,14-15,17H,10-13,16H2,1-2H3. The lowest BCUT2D eigenvalue weighted by atomic mass is 10.0. The number of fused-ring (bicyclic) bond motifs is 1. The van der Waals surface area contributed by atoms with Gasteiger partial charge in [0.2, 0.25) is 0 Å². The smallest absolute Gasteiger partial charge is 0.336 e. The summed E-state index contributed by atoms with van der Waals surface area (Å²) in [7, 11) is 0. The number of amides is 1. The fourth-order valence-corrected chi connectivity index (χ4v) is 4.69. The number of piperazine rings is 1. The van der Waals surface area contributed by atoms with Crippen LogP contribution < -0.4 is 0 Å². The van der Waals surface area contributed by atoms with Crippen molar-refractivity contribution in [2.75, 3.05) is 26.2 Å². The molecule has 4 aromatic rings. The summed E-state index contributed by atoms with van der Waals surface area (Å²) < 4.78 is 70.2. The molecule has 2 aromatic heterocycles. The van der Waals surface area contributed by atoms with Gasteiger partial charge >= 0.3 is 6.18 Å².